The predicted molar refractivity (Wildman–Crippen MR) is 61.4 cm³/mol. The molecule has 0 saturated carbocycles. The molecule has 0 spiro atoms. The SMILES string of the molecule is CC1COC(CBr)CN1CCOCC(F)(F)F. The number of rotatable bonds is 5. The molecule has 3 nitrogen and oxygen atoms in total. The van der Waals surface area contributed by atoms with Crippen LogP contribution in [0.5, 0.6) is 0 Å². The summed E-state index contributed by atoms with van der Waals surface area (Å²) < 4.78 is 45.7. The van der Waals surface area contributed by atoms with Crippen LogP contribution >= 0.6 is 15.9 Å². The van der Waals surface area contributed by atoms with Crippen LogP contribution in [0.1, 0.15) is 6.92 Å². The Balaban J connectivity index is 2.20. The smallest absolute Gasteiger partial charge is 0.374 e. The standard InChI is InChI=1S/C10H17BrF3NO2/c1-8-6-17-9(4-11)5-15(8)2-3-16-7-10(12,13)14/h8-9H,2-7H2,1H3. The maximum absolute atomic E-state index is 11.8. The van der Waals surface area contributed by atoms with E-state index < -0.39 is 12.8 Å². The first-order valence-corrected chi connectivity index (χ1v) is 6.60. The molecule has 0 aromatic heterocycles. The molecule has 102 valence electrons. The Morgan fingerprint density at radius 1 is 1.47 bits per heavy atom. The lowest BCUT2D eigenvalue weighted by atomic mass is 10.2. The van der Waals surface area contributed by atoms with Gasteiger partial charge in [0.2, 0.25) is 0 Å². The molecular formula is C10H17BrF3NO2. The summed E-state index contributed by atoms with van der Waals surface area (Å²) in [6.07, 6.45) is -4.14. The van der Waals surface area contributed by atoms with Crippen LogP contribution in [-0.2, 0) is 9.47 Å². The largest absolute Gasteiger partial charge is 0.411 e. The summed E-state index contributed by atoms with van der Waals surface area (Å²) in [5.41, 5.74) is 0. The summed E-state index contributed by atoms with van der Waals surface area (Å²) in [7, 11) is 0. The molecule has 0 bridgehead atoms. The van der Waals surface area contributed by atoms with Crippen LogP contribution < -0.4 is 0 Å². The van der Waals surface area contributed by atoms with Crippen molar-refractivity contribution in [3.8, 4) is 0 Å². The van der Waals surface area contributed by atoms with Crippen molar-refractivity contribution < 1.29 is 22.6 Å². The maximum atomic E-state index is 11.8. The van der Waals surface area contributed by atoms with Crippen molar-refractivity contribution in [1.29, 1.82) is 0 Å². The zero-order chi connectivity index (χ0) is 12.9. The van der Waals surface area contributed by atoms with Gasteiger partial charge < -0.3 is 9.47 Å². The van der Waals surface area contributed by atoms with Crippen molar-refractivity contribution in [1.82, 2.24) is 4.90 Å². The molecule has 0 N–H and O–H groups in total. The van der Waals surface area contributed by atoms with E-state index in [4.69, 9.17) is 4.74 Å². The van der Waals surface area contributed by atoms with Gasteiger partial charge in [-0.05, 0) is 6.92 Å². The summed E-state index contributed by atoms with van der Waals surface area (Å²) in [5, 5.41) is 0.736. The lowest BCUT2D eigenvalue weighted by Gasteiger charge is -2.37. The molecule has 7 heteroatoms. The number of nitrogens with zero attached hydrogens (tertiary/aromatic N) is 1. The van der Waals surface area contributed by atoms with Crippen molar-refractivity contribution in [2.75, 3.05) is 38.2 Å². The van der Waals surface area contributed by atoms with Crippen LogP contribution in [0.15, 0.2) is 0 Å². The quantitative estimate of drug-likeness (QED) is 0.572. The maximum Gasteiger partial charge on any atom is 0.411 e. The van der Waals surface area contributed by atoms with E-state index in [2.05, 4.69) is 25.6 Å². The first-order chi connectivity index (χ1) is 7.92. The highest BCUT2D eigenvalue weighted by atomic mass is 79.9. The van der Waals surface area contributed by atoms with E-state index in [1.807, 2.05) is 6.92 Å². The lowest BCUT2D eigenvalue weighted by molar-refractivity contribution is -0.175. The average molecular weight is 320 g/mol. The Morgan fingerprint density at radius 3 is 2.76 bits per heavy atom. The van der Waals surface area contributed by atoms with E-state index in [0.717, 1.165) is 11.9 Å². The molecule has 0 aromatic carbocycles. The fourth-order valence-electron chi connectivity index (χ4n) is 1.65. The first-order valence-electron chi connectivity index (χ1n) is 5.48. The van der Waals surface area contributed by atoms with E-state index in [9.17, 15) is 13.2 Å². The van der Waals surface area contributed by atoms with Gasteiger partial charge in [-0.1, -0.05) is 15.9 Å². The van der Waals surface area contributed by atoms with E-state index in [1.54, 1.807) is 0 Å². The summed E-state index contributed by atoms with van der Waals surface area (Å²) in [6.45, 7) is 2.75. The van der Waals surface area contributed by atoms with E-state index in [1.165, 1.54) is 0 Å². The van der Waals surface area contributed by atoms with Gasteiger partial charge in [0.1, 0.15) is 6.61 Å². The molecule has 1 saturated heterocycles. The highest BCUT2D eigenvalue weighted by Gasteiger charge is 2.28. The van der Waals surface area contributed by atoms with Gasteiger partial charge in [0, 0.05) is 24.5 Å². The first kappa shape index (κ1) is 15.2. The molecule has 0 radical (unpaired) electrons. The third-order valence-electron chi connectivity index (χ3n) is 2.60. The van der Waals surface area contributed by atoms with Crippen molar-refractivity contribution in [2.45, 2.75) is 25.2 Å². The second kappa shape index (κ2) is 6.92. The lowest BCUT2D eigenvalue weighted by Crippen LogP contribution is -2.49. The van der Waals surface area contributed by atoms with Gasteiger partial charge in [0.15, 0.2) is 0 Å². The number of halogens is 4. The van der Waals surface area contributed by atoms with Crippen LogP contribution in [0.2, 0.25) is 0 Å². The van der Waals surface area contributed by atoms with E-state index >= 15 is 0 Å². The highest BCUT2D eigenvalue weighted by molar-refractivity contribution is 9.09. The van der Waals surface area contributed by atoms with Crippen LogP contribution in [0, 0.1) is 0 Å². The fraction of sp³-hybridized carbons (Fsp3) is 1.00. The zero-order valence-electron chi connectivity index (χ0n) is 9.67. The molecule has 1 rings (SSSR count). The van der Waals surface area contributed by atoms with Gasteiger partial charge in [-0.15, -0.1) is 0 Å². The summed E-state index contributed by atoms with van der Waals surface area (Å²) in [5.74, 6) is 0. The summed E-state index contributed by atoms with van der Waals surface area (Å²) in [4.78, 5) is 2.09. The number of alkyl halides is 4. The van der Waals surface area contributed by atoms with Gasteiger partial charge in [-0.2, -0.15) is 13.2 Å². The topological polar surface area (TPSA) is 21.7 Å². The molecule has 1 fully saturated rings. The normalized spacial score (nSPS) is 27.4. The third-order valence-corrected chi connectivity index (χ3v) is 3.32. The number of hydrogen-bond donors (Lipinski definition) is 0. The molecule has 17 heavy (non-hydrogen) atoms. The van der Waals surface area contributed by atoms with Crippen molar-refractivity contribution in [3.63, 3.8) is 0 Å². The monoisotopic (exact) mass is 319 g/mol. The Morgan fingerprint density at radius 2 is 2.18 bits per heavy atom. The number of morpholine rings is 1. The van der Waals surface area contributed by atoms with Crippen molar-refractivity contribution >= 4 is 15.9 Å². The molecular weight excluding hydrogens is 303 g/mol. The van der Waals surface area contributed by atoms with Crippen LogP contribution in [0.25, 0.3) is 0 Å². The van der Waals surface area contributed by atoms with Gasteiger partial charge in [0.05, 0.1) is 19.3 Å². The van der Waals surface area contributed by atoms with E-state index in [-0.39, 0.29) is 18.8 Å². The highest BCUT2D eigenvalue weighted by Crippen LogP contribution is 2.15. The van der Waals surface area contributed by atoms with Crippen molar-refractivity contribution in [2.24, 2.45) is 0 Å². The molecule has 0 aliphatic carbocycles. The van der Waals surface area contributed by atoms with Crippen LogP contribution in [-0.4, -0.2) is 61.5 Å². The minimum Gasteiger partial charge on any atom is -0.374 e. The molecule has 2 unspecified atom stereocenters. The van der Waals surface area contributed by atoms with Gasteiger partial charge in [-0.3, -0.25) is 4.90 Å². The van der Waals surface area contributed by atoms with Crippen LogP contribution in [0.4, 0.5) is 13.2 Å². The number of hydrogen-bond acceptors (Lipinski definition) is 3. The van der Waals surface area contributed by atoms with Gasteiger partial charge in [0.25, 0.3) is 0 Å². The van der Waals surface area contributed by atoms with Crippen LogP contribution in [0.3, 0.4) is 0 Å². The minimum atomic E-state index is -4.24. The average Bonchev–Trinajstić information content (AvgIpc) is 2.25. The Hall–Kier alpha value is 0.150. The fourth-order valence-corrected chi connectivity index (χ4v) is 2.04. The molecule has 2 atom stereocenters. The zero-order valence-corrected chi connectivity index (χ0v) is 11.3. The third kappa shape index (κ3) is 6.03. The molecule has 0 aromatic rings. The second-order valence-electron chi connectivity index (χ2n) is 4.12. The van der Waals surface area contributed by atoms with Gasteiger partial charge in [-0.25, -0.2) is 0 Å². The molecule has 1 aliphatic heterocycles. The van der Waals surface area contributed by atoms with E-state index in [0.29, 0.717) is 13.2 Å². The minimum absolute atomic E-state index is 0.0961. The molecule has 0 amide bonds. The number of ether oxygens (including phenoxy) is 2. The Bertz CT molecular complexity index is 228. The van der Waals surface area contributed by atoms with Gasteiger partial charge >= 0.3 is 6.18 Å². The second-order valence-corrected chi connectivity index (χ2v) is 4.77. The summed E-state index contributed by atoms with van der Waals surface area (Å²) in [6, 6.07) is 0.222. The van der Waals surface area contributed by atoms with Crippen molar-refractivity contribution in [3.05, 3.63) is 0 Å². The Labute approximate surface area is 107 Å². The predicted octanol–water partition coefficient (Wildman–Crippen LogP) is 2.05. The molecule has 1 aliphatic rings. The Kier molecular flexibility index (Phi) is 6.19. The molecule has 1 heterocycles. The summed E-state index contributed by atoms with van der Waals surface area (Å²) >= 11 is 3.33.